The molecule has 1 aliphatic rings. The van der Waals surface area contributed by atoms with Crippen molar-refractivity contribution in [2.75, 3.05) is 19.8 Å². The smallest absolute Gasteiger partial charge is 0.0830 e. The Labute approximate surface area is 49.8 Å². The minimum atomic E-state index is 0.372. The van der Waals surface area contributed by atoms with Crippen molar-refractivity contribution in [3.63, 3.8) is 0 Å². The lowest BCUT2D eigenvalue weighted by Crippen LogP contribution is -2.31. The third kappa shape index (κ3) is 1.46. The van der Waals surface area contributed by atoms with Crippen molar-refractivity contribution in [3.05, 3.63) is 6.92 Å². The predicted molar refractivity (Wildman–Crippen MR) is 30.5 cm³/mol. The molecule has 1 rings (SSSR count). The molecule has 1 atom stereocenters. The summed E-state index contributed by atoms with van der Waals surface area (Å²) in [6, 6.07) is 0. The fourth-order valence-corrected chi connectivity index (χ4v) is 0.631. The van der Waals surface area contributed by atoms with E-state index in [2.05, 4.69) is 6.92 Å². The molecular weight excluding hydrogens is 104 g/mol. The van der Waals surface area contributed by atoms with Gasteiger partial charge < -0.3 is 9.47 Å². The molecule has 0 aromatic carbocycles. The Balaban J connectivity index is 1.86. The highest BCUT2D eigenvalue weighted by atomic mass is 16.5. The molecule has 2 nitrogen and oxygen atoms in total. The molecule has 1 heterocycles. The van der Waals surface area contributed by atoms with Crippen molar-refractivity contribution in [2.45, 2.75) is 12.5 Å². The fraction of sp³-hybridized carbons (Fsp3) is 0.833. The van der Waals surface area contributed by atoms with Gasteiger partial charge in [0, 0.05) is 13.2 Å². The van der Waals surface area contributed by atoms with Gasteiger partial charge in [-0.3, -0.25) is 0 Å². The standard InChI is InChI=1S/C6H11O2/c1-2-7-5-6-3-4-8-6/h6H,1-5H2. The quantitative estimate of drug-likeness (QED) is 0.537. The summed E-state index contributed by atoms with van der Waals surface area (Å²) in [5.74, 6) is 0. The Hall–Kier alpha value is -0.0800. The first kappa shape index (κ1) is 6.05. The first-order valence-corrected chi connectivity index (χ1v) is 2.92. The largest absolute Gasteiger partial charge is 0.379 e. The molecule has 0 spiro atoms. The summed E-state index contributed by atoms with van der Waals surface area (Å²) in [6.07, 6.45) is 1.52. The molecule has 2 heteroatoms. The first-order chi connectivity index (χ1) is 3.93. The van der Waals surface area contributed by atoms with Crippen LogP contribution in [-0.4, -0.2) is 25.9 Å². The summed E-state index contributed by atoms with van der Waals surface area (Å²) in [4.78, 5) is 0. The second-order valence-electron chi connectivity index (χ2n) is 1.86. The van der Waals surface area contributed by atoms with Gasteiger partial charge in [0.05, 0.1) is 12.7 Å². The van der Waals surface area contributed by atoms with Crippen molar-refractivity contribution in [1.29, 1.82) is 0 Å². The Bertz CT molecular complexity index is 59.5. The second kappa shape index (κ2) is 3.05. The van der Waals surface area contributed by atoms with E-state index in [0.29, 0.717) is 12.7 Å². The van der Waals surface area contributed by atoms with E-state index >= 15 is 0 Å². The van der Waals surface area contributed by atoms with E-state index in [1.807, 2.05) is 0 Å². The van der Waals surface area contributed by atoms with Crippen molar-refractivity contribution in [3.8, 4) is 0 Å². The zero-order valence-electron chi connectivity index (χ0n) is 4.93. The topological polar surface area (TPSA) is 18.5 Å². The van der Waals surface area contributed by atoms with Crippen LogP contribution in [0.15, 0.2) is 0 Å². The second-order valence-corrected chi connectivity index (χ2v) is 1.86. The first-order valence-electron chi connectivity index (χ1n) is 2.92. The molecule has 1 aliphatic heterocycles. The van der Waals surface area contributed by atoms with E-state index in [1.165, 1.54) is 0 Å². The minimum absolute atomic E-state index is 0.372. The van der Waals surface area contributed by atoms with Crippen molar-refractivity contribution < 1.29 is 9.47 Å². The van der Waals surface area contributed by atoms with Gasteiger partial charge in [0.2, 0.25) is 0 Å². The molecule has 1 unspecified atom stereocenters. The molecule has 0 aliphatic carbocycles. The van der Waals surface area contributed by atoms with Crippen LogP contribution in [0.5, 0.6) is 0 Å². The Morgan fingerprint density at radius 2 is 2.50 bits per heavy atom. The molecule has 0 saturated carbocycles. The zero-order chi connectivity index (χ0) is 5.82. The van der Waals surface area contributed by atoms with E-state index < -0.39 is 0 Å². The highest BCUT2D eigenvalue weighted by Crippen LogP contribution is 2.10. The van der Waals surface area contributed by atoms with Crippen LogP contribution < -0.4 is 0 Å². The molecule has 47 valence electrons. The lowest BCUT2D eigenvalue weighted by Gasteiger charge is -2.25. The summed E-state index contributed by atoms with van der Waals surface area (Å²) < 4.78 is 10.1. The van der Waals surface area contributed by atoms with E-state index in [4.69, 9.17) is 9.47 Å². The average Bonchev–Trinajstić information content (AvgIpc) is 1.63. The molecule has 0 N–H and O–H groups in total. The maximum absolute atomic E-state index is 5.08. The number of ether oxygens (including phenoxy) is 2. The predicted octanol–water partition coefficient (Wildman–Crippen LogP) is 0.626. The molecule has 1 saturated heterocycles. The Morgan fingerprint density at radius 1 is 1.75 bits per heavy atom. The van der Waals surface area contributed by atoms with Gasteiger partial charge in [-0.05, 0) is 13.3 Å². The van der Waals surface area contributed by atoms with Crippen LogP contribution in [-0.2, 0) is 9.47 Å². The molecule has 1 radical (unpaired) electrons. The molecule has 0 aromatic rings. The highest BCUT2D eigenvalue weighted by Gasteiger charge is 2.16. The maximum atomic E-state index is 5.08. The summed E-state index contributed by atoms with van der Waals surface area (Å²) in [5, 5.41) is 0. The van der Waals surface area contributed by atoms with Crippen LogP contribution in [0.3, 0.4) is 0 Å². The maximum Gasteiger partial charge on any atom is 0.0830 e. The Morgan fingerprint density at radius 3 is 2.88 bits per heavy atom. The monoisotopic (exact) mass is 115 g/mol. The normalized spacial score (nSPS) is 27.4. The molecule has 1 fully saturated rings. The molecule has 0 aromatic heterocycles. The van der Waals surface area contributed by atoms with Crippen LogP contribution in [0, 0.1) is 6.92 Å². The Kier molecular flexibility index (Phi) is 2.30. The van der Waals surface area contributed by atoms with Crippen molar-refractivity contribution in [1.82, 2.24) is 0 Å². The van der Waals surface area contributed by atoms with Crippen LogP contribution in [0.4, 0.5) is 0 Å². The van der Waals surface area contributed by atoms with Gasteiger partial charge in [-0.15, -0.1) is 0 Å². The summed E-state index contributed by atoms with van der Waals surface area (Å²) in [5.41, 5.74) is 0. The summed E-state index contributed by atoms with van der Waals surface area (Å²) >= 11 is 0. The van der Waals surface area contributed by atoms with Crippen LogP contribution in [0.2, 0.25) is 0 Å². The third-order valence-corrected chi connectivity index (χ3v) is 1.24. The number of hydrogen-bond donors (Lipinski definition) is 0. The van der Waals surface area contributed by atoms with Crippen molar-refractivity contribution in [2.24, 2.45) is 0 Å². The third-order valence-electron chi connectivity index (χ3n) is 1.24. The van der Waals surface area contributed by atoms with E-state index in [9.17, 15) is 0 Å². The van der Waals surface area contributed by atoms with Gasteiger partial charge in [-0.2, -0.15) is 0 Å². The van der Waals surface area contributed by atoms with Gasteiger partial charge >= 0.3 is 0 Å². The van der Waals surface area contributed by atoms with Gasteiger partial charge in [0.1, 0.15) is 0 Å². The fourth-order valence-electron chi connectivity index (χ4n) is 0.631. The van der Waals surface area contributed by atoms with Gasteiger partial charge in [-0.1, -0.05) is 0 Å². The lowest BCUT2D eigenvalue weighted by atomic mass is 10.2. The molecule has 8 heavy (non-hydrogen) atoms. The van der Waals surface area contributed by atoms with Gasteiger partial charge in [-0.25, -0.2) is 0 Å². The van der Waals surface area contributed by atoms with Gasteiger partial charge in [0.25, 0.3) is 0 Å². The number of hydrogen-bond acceptors (Lipinski definition) is 2. The average molecular weight is 115 g/mol. The van der Waals surface area contributed by atoms with Gasteiger partial charge in [0.15, 0.2) is 0 Å². The SMILES string of the molecule is [CH2]COCC1CCO1. The molecule has 0 amide bonds. The molecule has 0 bridgehead atoms. The summed E-state index contributed by atoms with van der Waals surface area (Å²) in [7, 11) is 0. The highest BCUT2D eigenvalue weighted by molar-refractivity contribution is 4.64. The van der Waals surface area contributed by atoms with E-state index in [0.717, 1.165) is 19.6 Å². The minimum Gasteiger partial charge on any atom is -0.379 e. The zero-order valence-corrected chi connectivity index (χ0v) is 4.93. The van der Waals surface area contributed by atoms with E-state index in [-0.39, 0.29) is 0 Å². The number of rotatable bonds is 3. The van der Waals surface area contributed by atoms with E-state index in [1.54, 1.807) is 0 Å². The van der Waals surface area contributed by atoms with Crippen molar-refractivity contribution >= 4 is 0 Å². The molecular formula is C6H11O2. The summed E-state index contributed by atoms with van der Waals surface area (Å²) in [6.45, 7) is 5.73. The van der Waals surface area contributed by atoms with Crippen LogP contribution in [0.25, 0.3) is 0 Å². The lowest BCUT2D eigenvalue weighted by molar-refractivity contribution is -0.0904. The van der Waals surface area contributed by atoms with Crippen LogP contribution >= 0.6 is 0 Å². The van der Waals surface area contributed by atoms with Crippen LogP contribution in [0.1, 0.15) is 6.42 Å².